The third-order valence-electron chi connectivity index (χ3n) is 5.48. The Morgan fingerprint density at radius 3 is 2.39 bits per heavy atom. The Morgan fingerprint density at radius 1 is 1.15 bits per heavy atom. The van der Waals surface area contributed by atoms with Crippen molar-refractivity contribution in [3.05, 3.63) is 82.8 Å². The molecule has 1 fully saturated rings. The zero-order valence-corrected chi connectivity index (χ0v) is 19.4. The van der Waals surface area contributed by atoms with Crippen LogP contribution in [0.3, 0.4) is 0 Å². The number of benzene rings is 2. The molecule has 168 valence electrons. The highest BCUT2D eigenvalue weighted by Crippen LogP contribution is 2.43. The Balaban J connectivity index is 1.38. The monoisotopic (exact) mass is 479 g/mol. The van der Waals surface area contributed by atoms with Gasteiger partial charge in [-0.15, -0.1) is 16.9 Å². The summed E-state index contributed by atoms with van der Waals surface area (Å²) in [4.78, 5) is 28.4. The smallest absolute Gasteiger partial charge is 0.333 e. The first-order chi connectivity index (χ1) is 16.1. The number of thioether (sulfide) groups is 2. The SMILES string of the molecule is Cn1nnnc1SCC1=C[C@@H](C(=O)OC(c2ccccc2)c2ccccc2)N2C(=O)C[C@H]2S1. The fraction of sp³-hybridized carbons (Fsp3) is 0.261. The van der Waals surface area contributed by atoms with Crippen LogP contribution in [-0.2, 0) is 21.4 Å². The van der Waals surface area contributed by atoms with Crippen LogP contribution in [0.15, 0.2) is 76.8 Å². The molecule has 10 heteroatoms. The predicted molar refractivity (Wildman–Crippen MR) is 125 cm³/mol. The van der Waals surface area contributed by atoms with Crippen molar-refractivity contribution >= 4 is 35.4 Å². The Labute approximate surface area is 199 Å². The van der Waals surface area contributed by atoms with Gasteiger partial charge in [-0.25, -0.2) is 9.48 Å². The average Bonchev–Trinajstić information content (AvgIpc) is 3.25. The second-order valence-electron chi connectivity index (χ2n) is 7.67. The lowest BCUT2D eigenvalue weighted by molar-refractivity contribution is -0.161. The van der Waals surface area contributed by atoms with E-state index in [9.17, 15) is 9.59 Å². The average molecular weight is 480 g/mol. The molecule has 3 aromatic rings. The quantitative estimate of drug-likeness (QED) is 0.290. The first kappa shape index (κ1) is 21.7. The highest BCUT2D eigenvalue weighted by atomic mass is 32.2. The molecule has 2 aliphatic rings. The van der Waals surface area contributed by atoms with Crippen molar-refractivity contribution < 1.29 is 14.3 Å². The number of fused-ring (bicyclic) bond motifs is 1. The van der Waals surface area contributed by atoms with Crippen molar-refractivity contribution in [2.24, 2.45) is 7.05 Å². The molecule has 0 bridgehead atoms. The fourth-order valence-electron chi connectivity index (χ4n) is 3.82. The largest absolute Gasteiger partial charge is 0.451 e. The number of tetrazole rings is 1. The normalized spacial score (nSPS) is 19.6. The molecule has 33 heavy (non-hydrogen) atoms. The van der Waals surface area contributed by atoms with Gasteiger partial charge in [-0.1, -0.05) is 72.4 Å². The molecule has 3 heterocycles. The molecule has 0 spiro atoms. The zero-order valence-electron chi connectivity index (χ0n) is 17.8. The summed E-state index contributed by atoms with van der Waals surface area (Å²) < 4.78 is 7.66. The van der Waals surface area contributed by atoms with Crippen LogP contribution >= 0.6 is 23.5 Å². The topological polar surface area (TPSA) is 90.2 Å². The van der Waals surface area contributed by atoms with Crippen LogP contribution in [0, 0.1) is 0 Å². The van der Waals surface area contributed by atoms with E-state index in [1.54, 1.807) is 28.4 Å². The highest BCUT2D eigenvalue weighted by Gasteiger charge is 2.47. The van der Waals surface area contributed by atoms with Crippen LogP contribution in [-0.4, -0.2) is 54.2 Å². The number of amides is 1. The van der Waals surface area contributed by atoms with E-state index in [1.807, 2.05) is 66.7 Å². The van der Waals surface area contributed by atoms with Gasteiger partial charge >= 0.3 is 5.97 Å². The van der Waals surface area contributed by atoms with Gasteiger partial charge in [-0.2, -0.15) is 0 Å². The number of aromatic nitrogens is 4. The molecule has 8 nitrogen and oxygen atoms in total. The maximum atomic E-state index is 13.4. The number of hydrogen-bond acceptors (Lipinski definition) is 8. The van der Waals surface area contributed by atoms with Crippen LogP contribution in [0.1, 0.15) is 23.7 Å². The van der Waals surface area contributed by atoms with Gasteiger partial charge in [0.2, 0.25) is 11.1 Å². The van der Waals surface area contributed by atoms with Gasteiger partial charge in [0.1, 0.15) is 6.04 Å². The van der Waals surface area contributed by atoms with E-state index in [0.717, 1.165) is 16.0 Å². The molecule has 2 aromatic carbocycles. The minimum Gasteiger partial charge on any atom is -0.451 e. The van der Waals surface area contributed by atoms with Crippen molar-refractivity contribution in [2.45, 2.75) is 29.1 Å². The summed E-state index contributed by atoms with van der Waals surface area (Å²) in [5.74, 6) is 0.141. The molecule has 0 aliphatic carbocycles. The molecule has 1 saturated heterocycles. The Hall–Kier alpha value is -3.11. The number of β-lactam (4-membered cyclic amide) rings is 1. The molecule has 0 unspecified atom stereocenters. The Bertz CT molecular complexity index is 1150. The van der Waals surface area contributed by atoms with E-state index >= 15 is 0 Å². The number of aryl methyl sites for hydroxylation is 1. The third-order valence-corrected chi connectivity index (χ3v) is 7.97. The van der Waals surface area contributed by atoms with Crippen molar-refractivity contribution in [1.29, 1.82) is 0 Å². The van der Waals surface area contributed by atoms with E-state index < -0.39 is 18.1 Å². The maximum absolute atomic E-state index is 13.4. The van der Waals surface area contributed by atoms with Crippen LogP contribution in [0.25, 0.3) is 0 Å². The van der Waals surface area contributed by atoms with E-state index in [4.69, 9.17) is 4.74 Å². The molecule has 1 amide bonds. The molecular formula is C23H21N5O3S2. The van der Waals surface area contributed by atoms with Gasteiger partial charge in [0.15, 0.2) is 6.10 Å². The minimum absolute atomic E-state index is 0.0362. The first-order valence-electron chi connectivity index (χ1n) is 10.4. The number of ether oxygens (including phenoxy) is 1. The van der Waals surface area contributed by atoms with Gasteiger partial charge in [-0.3, -0.25) is 4.79 Å². The summed E-state index contributed by atoms with van der Waals surface area (Å²) in [7, 11) is 1.78. The summed E-state index contributed by atoms with van der Waals surface area (Å²) in [5, 5.41) is 12.1. The van der Waals surface area contributed by atoms with Gasteiger partial charge in [0.05, 0.1) is 11.8 Å². The van der Waals surface area contributed by atoms with E-state index in [0.29, 0.717) is 17.3 Å². The Kier molecular flexibility index (Phi) is 6.19. The second kappa shape index (κ2) is 9.40. The summed E-state index contributed by atoms with van der Waals surface area (Å²) in [6, 6.07) is 18.5. The van der Waals surface area contributed by atoms with Crippen LogP contribution in [0.2, 0.25) is 0 Å². The van der Waals surface area contributed by atoms with Crippen molar-refractivity contribution in [3.8, 4) is 0 Å². The molecule has 2 aliphatic heterocycles. The van der Waals surface area contributed by atoms with Gasteiger partial charge < -0.3 is 9.64 Å². The Morgan fingerprint density at radius 2 is 1.82 bits per heavy atom. The maximum Gasteiger partial charge on any atom is 0.333 e. The first-order valence-corrected chi connectivity index (χ1v) is 12.3. The molecule has 2 atom stereocenters. The van der Waals surface area contributed by atoms with E-state index in [-0.39, 0.29) is 11.3 Å². The summed E-state index contributed by atoms with van der Waals surface area (Å²) in [6.45, 7) is 0. The summed E-state index contributed by atoms with van der Waals surface area (Å²) in [6.07, 6.45) is 1.70. The van der Waals surface area contributed by atoms with Crippen LogP contribution < -0.4 is 0 Å². The van der Waals surface area contributed by atoms with E-state index in [1.165, 1.54) is 11.8 Å². The minimum atomic E-state index is -0.749. The third kappa shape index (κ3) is 4.53. The van der Waals surface area contributed by atoms with Crippen molar-refractivity contribution in [1.82, 2.24) is 25.1 Å². The molecule has 1 aromatic heterocycles. The van der Waals surface area contributed by atoms with Crippen molar-refractivity contribution in [3.63, 3.8) is 0 Å². The van der Waals surface area contributed by atoms with Crippen LogP contribution in [0.4, 0.5) is 0 Å². The number of carbonyl (C=O) groups excluding carboxylic acids is 2. The molecular weight excluding hydrogens is 458 g/mol. The fourth-order valence-corrected chi connectivity index (χ4v) is 6.10. The molecule has 0 saturated carbocycles. The number of rotatable bonds is 7. The lowest BCUT2D eigenvalue weighted by atomic mass is 10.0. The number of carbonyl (C=O) groups is 2. The number of hydrogen-bond donors (Lipinski definition) is 0. The lowest BCUT2D eigenvalue weighted by Gasteiger charge is -2.46. The zero-order chi connectivity index (χ0) is 22.8. The number of esters is 1. The predicted octanol–water partition coefficient (Wildman–Crippen LogP) is 3.19. The summed E-state index contributed by atoms with van der Waals surface area (Å²) in [5.41, 5.74) is 1.76. The van der Waals surface area contributed by atoms with Gasteiger partial charge in [-0.05, 0) is 32.5 Å². The van der Waals surface area contributed by atoms with Gasteiger partial charge in [0, 0.05) is 12.8 Å². The van der Waals surface area contributed by atoms with E-state index in [2.05, 4.69) is 15.5 Å². The molecule has 0 N–H and O–H groups in total. The highest BCUT2D eigenvalue weighted by molar-refractivity contribution is 8.06. The lowest BCUT2D eigenvalue weighted by Crippen LogP contribution is -2.59. The summed E-state index contributed by atoms with van der Waals surface area (Å²) >= 11 is 3.10. The molecule has 0 radical (unpaired) electrons. The van der Waals surface area contributed by atoms with Gasteiger partial charge in [0.25, 0.3) is 0 Å². The molecule has 5 rings (SSSR count). The number of nitrogens with zero attached hydrogens (tertiary/aromatic N) is 5. The second-order valence-corrected chi connectivity index (χ2v) is 9.91. The van der Waals surface area contributed by atoms with Crippen molar-refractivity contribution in [2.75, 3.05) is 5.75 Å². The van der Waals surface area contributed by atoms with Crippen LogP contribution in [0.5, 0.6) is 0 Å². The standard InChI is InChI=1S/C23H21N5O3S2/c1-27-23(24-25-26-27)32-14-17-12-18(28-19(29)13-20(28)33-17)22(30)31-21(15-8-4-2-5-9-15)16-10-6-3-7-11-16/h2-12,18,20-21H,13-14H2,1H3/t18-,20+/m0/s1.